The van der Waals surface area contributed by atoms with Crippen molar-refractivity contribution in [2.24, 2.45) is 0 Å². The Morgan fingerprint density at radius 1 is 1.06 bits per heavy atom. The number of hydrogen-bond donors (Lipinski definition) is 1. The lowest BCUT2D eigenvalue weighted by atomic mass is 10.1. The molecule has 1 atom stereocenters. The number of nitrogens with zero attached hydrogens (tertiary/aromatic N) is 4. The number of benzene rings is 2. The van der Waals surface area contributed by atoms with Gasteiger partial charge >= 0.3 is 0 Å². The highest BCUT2D eigenvalue weighted by Gasteiger charge is 2.28. The number of nitro groups is 1. The number of aromatic nitrogens is 3. The summed E-state index contributed by atoms with van der Waals surface area (Å²) in [5.41, 5.74) is 2.81. The molecule has 0 radical (unpaired) electrons. The third-order valence-electron chi connectivity index (χ3n) is 5.79. The Morgan fingerprint density at radius 3 is 2.81 bits per heavy atom. The molecule has 0 fully saturated rings. The van der Waals surface area contributed by atoms with Crippen LogP contribution in [0.5, 0.6) is 5.88 Å². The summed E-state index contributed by atoms with van der Waals surface area (Å²) in [6, 6.07) is 17.6. The molecule has 2 aromatic carbocycles. The Kier molecular flexibility index (Phi) is 7.13. The Balaban J connectivity index is 1.43. The second-order valence-corrected chi connectivity index (χ2v) is 9.42. The van der Waals surface area contributed by atoms with Crippen molar-refractivity contribution in [2.75, 3.05) is 11.1 Å². The predicted octanol–water partition coefficient (Wildman–Crippen LogP) is 6.88. The van der Waals surface area contributed by atoms with Gasteiger partial charge in [-0.3, -0.25) is 10.1 Å². The highest BCUT2D eigenvalue weighted by Crippen LogP contribution is 2.40. The number of anilines is 1. The summed E-state index contributed by atoms with van der Waals surface area (Å²) in [7, 11) is 0. The lowest BCUT2D eigenvalue weighted by molar-refractivity contribution is -0.384. The number of rotatable bonds is 9. The standard InChI is InChI=1S/C26H25N5O4S/c1-2-3-4-7-15-36-26-28-25-23(29-30-26)19-11-5-6-12-20(19)27-24(35-25)22-14-13-21(34-22)17-9-8-10-18(16-17)31(32)33/h5-6,8-14,16,24,27H,2-4,7,15H2,1H3/t24-/m1/s1. The van der Waals surface area contributed by atoms with E-state index in [1.54, 1.807) is 36.0 Å². The summed E-state index contributed by atoms with van der Waals surface area (Å²) >= 11 is 1.57. The molecule has 9 nitrogen and oxygen atoms in total. The van der Waals surface area contributed by atoms with Crippen molar-refractivity contribution in [3.05, 3.63) is 76.5 Å². The minimum Gasteiger partial charge on any atom is -0.455 e. The van der Waals surface area contributed by atoms with E-state index in [0.717, 1.165) is 23.4 Å². The quantitative estimate of drug-likeness (QED) is 0.113. The largest absolute Gasteiger partial charge is 0.455 e. The van der Waals surface area contributed by atoms with Gasteiger partial charge in [0, 0.05) is 34.7 Å². The SMILES string of the molecule is CCCCCCSc1nnc2c(n1)O[C@H](c1ccc(-c3cccc([N+](=O)[O-])c3)o1)Nc1ccccc1-2. The lowest BCUT2D eigenvalue weighted by Gasteiger charge is -2.16. The van der Waals surface area contributed by atoms with Gasteiger partial charge in [-0.15, -0.1) is 10.2 Å². The van der Waals surface area contributed by atoms with Gasteiger partial charge in [0.2, 0.25) is 17.3 Å². The fourth-order valence-corrected chi connectivity index (χ4v) is 4.73. The molecule has 4 aromatic rings. The Hall–Kier alpha value is -3.92. The van der Waals surface area contributed by atoms with Crippen LogP contribution in [0.25, 0.3) is 22.6 Å². The van der Waals surface area contributed by atoms with Crippen LogP contribution in [-0.2, 0) is 0 Å². The first kappa shape index (κ1) is 23.8. The van der Waals surface area contributed by atoms with Crippen LogP contribution >= 0.6 is 11.8 Å². The zero-order valence-corrected chi connectivity index (χ0v) is 20.5. The summed E-state index contributed by atoms with van der Waals surface area (Å²) in [6.07, 6.45) is 4.01. The molecule has 184 valence electrons. The van der Waals surface area contributed by atoms with Crippen molar-refractivity contribution in [3.63, 3.8) is 0 Å². The number of non-ortho nitro benzene ring substituents is 1. The molecular weight excluding hydrogens is 478 g/mol. The first-order valence-electron chi connectivity index (χ1n) is 11.9. The smallest absolute Gasteiger partial charge is 0.270 e. The van der Waals surface area contributed by atoms with Crippen LogP contribution in [0.3, 0.4) is 0 Å². The minimum atomic E-state index is -0.682. The number of hydrogen-bond acceptors (Lipinski definition) is 9. The van der Waals surface area contributed by atoms with Crippen LogP contribution in [-0.4, -0.2) is 25.9 Å². The molecule has 0 unspecified atom stereocenters. The average Bonchev–Trinajstić information content (AvgIpc) is 3.33. The molecule has 0 bridgehead atoms. The zero-order chi connectivity index (χ0) is 24.9. The van der Waals surface area contributed by atoms with E-state index in [2.05, 4.69) is 27.4 Å². The molecule has 0 spiro atoms. The monoisotopic (exact) mass is 503 g/mol. The molecule has 0 saturated carbocycles. The van der Waals surface area contributed by atoms with Gasteiger partial charge in [-0.2, -0.15) is 4.98 Å². The van der Waals surface area contributed by atoms with Crippen molar-refractivity contribution in [3.8, 4) is 28.5 Å². The van der Waals surface area contributed by atoms with Gasteiger partial charge in [-0.05, 0) is 24.6 Å². The fourth-order valence-electron chi connectivity index (χ4n) is 3.95. The van der Waals surface area contributed by atoms with Gasteiger partial charge in [-0.25, -0.2) is 0 Å². The maximum Gasteiger partial charge on any atom is 0.270 e. The Bertz CT molecular complexity index is 1380. The molecule has 10 heteroatoms. The molecule has 5 rings (SSSR count). The van der Waals surface area contributed by atoms with Crippen LogP contribution in [0.2, 0.25) is 0 Å². The second kappa shape index (κ2) is 10.8. The van der Waals surface area contributed by atoms with E-state index in [1.165, 1.54) is 31.4 Å². The van der Waals surface area contributed by atoms with Crippen LogP contribution < -0.4 is 10.1 Å². The van der Waals surface area contributed by atoms with E-state index in [1.807, 2.05) is 24.3 Å². The third-order valence-corrected chi connectivity index (χ3v) is 6.71. The maximum atomic E-state index is 11.2. The molecule has 2 aromatic heterocycles. The van der Waals surface area contributed by atoms with Gasteiger partial charge in [-0.1, -0.05) is 68.3 Å². The maximum absolute atomic E-state index is 11.2. The van der Waals surface area contributed by atoms with Gasteiger partial charge in [0.1, 0.15) is 5.76 Å². The molecule has 0 amide bonds. The van der Waals surface area contributed by atoms with Crippen LogP contribution in [0.15, 0.2) is 70.2 Å². The summed E-state index contributed by atoms with van der Waals surface area (Å²) in [6.45, 7) is 2.19. The van der Waals surface area contributed by atoms with Crippen molar-refractivity contribution in [1.82, 2.24) is 15.2 Å². The summed E-state index contributed by atoms with van der Waals surface area (Å²) in [4.78, 5) is 15.4. The van der Waals surface area contributed by atoms with Gasteiger partial charge in [0.05, 0.1) is 4.92 Å². The number of unbranched alkanes of at least 4 members (excludes halogenated alkanes) is 3. The van der Waals surface area contributed by atoms with E-state index < -0.39 is 11.2 Å². The highest BCUT2D eigenvalue weighted by atomic mass is 32.2. The number of ether oxygens (including phenoxy) is 1. The molecule has 1 N–H and O–H groups in total. The first-order valence-corrected chi connectivity index (χ1v) is 12.9. The highest BCUT2D eigenvalue weighted by molar-refractivity contribution is 7.99. The molecule has 0 aliphatic carbocycles. The summed E-state index contributed by atoms with van der Waals surface area (Å²) in [5, 5.41) is 23.9. The van der Waals surface area contributed by atoms with Gasteiger partial charge in [0.15, 0.2) is 11.5 Å². The lowest BCUT2D eigenvalue weighted by Crippen LogP contribution is -2.16. The van der Waals surface area contributed by atoms with Crippen LogP contribution in [0, 0.1) is 10.1 Å². The van der Waals surface area contributed by atoms with Crippen molar-refractivity contribution < 1.29 is 14.1 Å². The van der Waals surface area contributed by atoms with Gasteiger partial charge in [0.25, 0.3) is 5.69 Å². The van der Waals surface area contributed by atoms with E-state index in [9.17, 15) is 10.1 Å². The molecule has 3 heterocycles. The Labute approximate surface area is 212 Å². The van der Waals surface area contributed by atoms with E-state index >= 15 is 0 Å². The molecule has 1 aliphatic rings. The van der Waals surface area contributed by atoms with Crippen molar-refractivity contribution in [1.29, 1.82) is 0 Å². The van der Waals surface area contributed by atoms with Crippen molar-refractivity contribution >= 4 is 23.1 Å². The average molecular weight is 504 g/mol. The predicted molar refractivity (Wildman–Crippen MR) is 138 cm³/mol. The fraction of sp³-hybridized carbons (Fsp3) is 0.269. The molecular formula is C26H25N5O4S. The molecule has 0 saturated heterocycles. The number of fused-ring (bicyclic) bond motifs is 3. The van der Waals surface area contributed by atoms with Crippen LogP contribution in [0.4, 0.5) is 11.4 Å². The molecule has 36 heavy (non-hydrogen) atoms. The third kappa shape index (κ3) is 5.18. The summed E-state index contributed by atoms with van der Waals surface area (Å²) < 4.78 is 12.4. The van der Waals surface area contributed by atoms with E-state index in [0.29, 0.717) is 33.8 Å². The normalized spacial score (nSPS) is 14.2. The topological polar surface area (TPSA) is 116 Å². The number of furan rings is 1. The number of thioether (sulfide) groups is 1. The van der Waals surface area contributed by atoms with E-state index in [4.69, 9.17) is 9.15 Å². The van der Waals surface area contributed by atoms with Gasteiger partial charge < -0.3 is 14.5 Å². The molecule has 1 aliphatic heterocycles. The number of nitrogens with one attached hydrogen (secondary N) is 1. The first-order chi connectivity index (χ1) is 17.6. The summed E-state index contributed by atoms with van der Waals surface area (Å²) in [5.74, 6) is 2.30. The van der Waals surface area contributed by atoms with Crippen molar-refractivity contribution in [2.45, 2.75) is 44.0 Å². The van der Waals surface area contributed by atoms with Crippen LogP contribution in [0.1, 0.15) is 44.6 Å². The minimum absolute atomic E-state index is 0.000330. The second-order valence-electron chi connectivity index (χ2n) is 8.35. The van der Waals surface area contributed by atoms with E-state index in [-0.39, 0.29) is 5.69 Å². The Morgan fingerprint density at radius 2 is 1.94 bits per heavy atom. The zero-order valence-electron chi connectivity index (χ0n) is 19.7. The number of para-hydroxylation sites is 1. The number of nitro benzene ring substituents is 1.